The Labute approximate surface area is 160 Å². The molecule has 1 fully saturated rings. The SMILES string of the molecule is Cc1cccc(C(=O)NCc2ccc(S(=O)(=O)N3CCN(C)CC3)cc2)c1. The second-order valence-electron chi connectivity index (χ2n) is 6.90. The van der Waals surface area contributed by atoms with E-state index in [9.17, 15) is 13.2 Å². The highest BCUT2D eigenvalue weighted by Crippen LogP contribution is 2.18. The molecule has 0 aliphatic carbocycles. The van der Waals surface area contributed by atoms with Gasteiger partial charge in [-0.15, -0.1) is 0 Å². The first-order chi connectivity index (χ1) is 12.9. The highest BCUT2D eigenvalue weighted by molar-refractivity contribution is 7.89. The molecule has 0 unspecified atom stereocenters. The highest BCUT2D eigenvalue weighted by atomic mass is 32.2. The van der Waals surface area contributed by atoms with Gasteiger partial charge in [0.05, 0.1) is 4.90 Å². The summed E-state index contributed by atoms with van der Waals surface area (Å²) in [5.41, 5.74) is 2.50. The van der Waals surface area contributed by atoms with Crippen LogP contribution in [-0.4, -0.2) is 56.8 Å². The largest absolute Gasteiger partial charge is 0.348 e. The van der Waals surface area contributed by atoms with E-state index in [1.165, 1.54) is 4.31 Å². The molecule has 0 atom stereocenters. The zero-order valence-corrected chi connectivity index (χ0v) is 16.5. The fourth-order valence-corrected chi connectivity index (χ4v) is 4.45. The van der Waals surface area contributed by atoms with Crippen LogP contribution in [-0.2, 0) is 16.6 Å². The third-order valence-corrected chi connectivity index (χ3v) is 6.67. The first-order valence-electron chi connectivity index (χ1n) is 8.99. The van der Waals surface area contributed by atoms with Crippen LogP contribution in [0.3, 0.4) is 0 Å². The van der Waals surface area contributed by atoms with Crippen molar-refractivity contribution in [3.8, 4) is 0 Å². The Morgan fingerprint density at radius 1 is 1.04 bits per heavy atom. The molecule has 1 N–H and O–H groups in total. The number of likely N-dealkylation sites (N-methyl/N-ethyl adjacent to an activating group) is 1. The first-order valence-corrected chi connectivity index (χ1v) is 10.4. The monoisotopic (exact) mass is 387 g/mol. The molecule has 1 saturated heterocycles. The van der Waals surface area contributed by atoms with Gasteiger partial charge >= 0.3 is 0 Å². The highest BCUT2D eigenvalue weighted by Gasteiger charge is 2.27. The Hall–Kier alpha value is -2.22. The molecule has 144 valence electrons. The van der Waals surface area contributed by atoms with Gasteiger partial charge in [-0.2, -0.15) is 4.31 Å². The van der Waals surface area contributed by atoms with Crippen molar-refractivity contribution in [3.63, 3.8) is 0 Å². The molecule has 1 amide bonds. The lowest BCUT2D eigenvalue weighted by atomic mass is 10.1. The zero-order chi connectivity index (χ0) is 19.4. The maximum atomic E-state index is 12.7. The second kappa shape index (κ2) is 8.21. The summed E-state index contributed by atoms with van der Waals surface area (Å²) in [6.45, 7) is 4.78. The number of aryl methyl sites for hydroxylation is 1. The summed E-state index contributed by atoms with van der Waals surface area (Å²) in [5, 5.41) is 2.86. The minimum absolute atomic E-state index is 0.146. The van der Waals surface area contributed by atoms with Gasteiger partial charge in [0, 0.05) is 38.3 Å². The van der Waals surface area contributed by atoms with Crippen molar-refractivity contribution < 1.29 is 13.2 Å². The van der Waals surface area contributed by atoms with Gasteiger partial charge in [-0.3, -0.25) is 4.79 Å². The van der Waals surface area contributed by atoms with Gasteiger partial charge in [0.25, 0.3) is 5.91 Å². The molecule has 3 rings (SSSR count). The number of piperazine rings is 1. The maximum Gasteiger partial charge on any atom is 0.251 e. The molecule has 1 heterocycles. The van der Waals surface area contributed by atoms with Gasteiger partial charge in [0.1, 0.15) is 0 Å². The summed E-state index contributed by atoms with van der Waals surface area (Å²) in [6.07, 6.45) is 0. The Morgan fingerprint density at radius 3 is 2.33 bits per heavy atom. The molecule has 6 nitrogen and oxygen atoms in total. The lowest BCUT2D eigenvalue weighted by Crippen LogP contribution is -2.47. The van der Waals surface area contributed by atoms with Crippen LogP contribution >= 0.6 is 0 Å². The van der Waals surface area contributed by atoms with E-state index >= 15 is 0 Å². The number of carbonyl (C=O) groups excluding carboxylic acids is 1. The van der Waals surface area contributed by atoms with Crippen LogP contribution < -0.4 is 5.32 Å². The van der Waals surface area contributed by atoms with E-state index in [-0.39, 0.29) is 5.91 Å². The number of hydrogen-bond donors (Lipinski definition) is 1. The minimum atomic E-state index is -3.46. The average molecular weight is 388 g/mol. The fraction of sp³-hybridized carbons (Fsp3) is 0.350. The molecule has 1 aliphatic heterocycles. The molecular formula is C20H25N3O3S. The van der Waals surface area contributed by atoms with Crippen molar-refractivity contribution in [1.82, 2.24) is 14.5 Å². The van der Waals surface area contributed by atoms with Gasteiger partial charge in [-0.05, 0) is 43.8 Å². The van der Waals surface area contributed by atoms with Gasteiger partial charge in [0.2, 0.25) is 10.0 Å². The lowest BCUT2D eigenvalue weighted by molar-refractivity contribution is 0.0951. The molecule has 0 spiro atoms. The summed E-state index contributed by atoms with van der Waals surface area (Å²) < 4.78 is 27.0. The fourth-order valence-electron chi connectivity index (χ4n) is 3.03. The number of rotatable bonds is 5. The van der Waals surface area contributed by atoms with E-state index in [1.54, 1.807) is 30.3 Å². The third kappa shape index (κ3) is 4.74. The summed E-state index contributed by atoms with van der Waals surface area (Å²) >= 11 is 0. The molecule has 0 aromatic heterocycles. The van der Waals surface area contributed by atoms with Crippen LogP contribution in [0.15, 0.2) is 53.4 Å². The van der Waals surface area contributed by atoms with Gasteiger partial charge in [-0.25, -0.2) is 8.42 Å². The summed E-state index contributed by atoms with van der Waals surface area (Å²) in [6, 6.07) is 14.1. The number of amides is 1. The number of benzene rings is 2. The molecule has 0 saturated carbocycles. The van der Waals surface area contributed by atoms with Gasteiger partial charge in [-0.1, -0.05) is 29.8 Å². The minimum Gasteiger partial charge on any atom is -0.348 e. The van der Waals surface area contributed by atoms with Gasteiger partial charge < -0.3 is 10.2 Å². The standard InChI is InChI=1S/C20H25N3O3S/c1-16-4-3-5-18(14-16)20(24)21-15-17-6-8-19(9-7-17)27(25,26)23-12-10-22(2)11-13-23/h3-9,14H,10-13,15H2,1-2H3,(H,21,24). The number of nitrogens with one attached hydrogen (secondary N) is 1. The molecule has 27 heavy (non-hydrogen) atoms. The molecule has 7 heteroatoms. The number of nitrogens with zero attached hydrogens (tertiary/aromatic N) is 2. The van der Waals surface area contributed by atoms with Crippen LogP contribution in [0.1, 0.15) is 21.5 Å². The number of hydrogen-bond acceptors (Lipinski definition) is 4. The molecule has 0 radical (unpaired) electrons. The summed E-state index contributed by atoms with van der Waals surface area (Å²) in [7, 11) is -1.47. The van der Waals surface area contributed by atoms with Crippen LogP contribution in [0.4, 0.5) is 0 Å². The Kier molecular flexibility index (Phi) is 5.94. The van der Waals surface area contributed by atoms with Crippen LogP contribution in [0, 0.1) is 6.92 Å². The van der Waals surface area contributed by atoms with Crippen molar-refractivity contribution in [2.45, 2.75) is 18.4 Å². The Bertz CT molecular complexity index is 902. The van der Waals surface area contributed by atoms with E-state index in [0.717, 1.165) is 24.2 Å². The number of sulfonamides is 1. The average Bonchev–Trinajstić information content (AvgIpc) is 2.67. The number of carbonyl (C=O) groups is 1. The summed E-state index contributed by atoms with van der Waals surface area (Å²) in [5.74, 6) is -0.146. The van der Waals surface area contributed by atoms with Crippen molar-refractivity contribution in [2.75, 3.05) is 33.2 Å². The van der Waals surface area contributed by atoms with Crippen molar-refractivity contribution in [3.05, 3.63) is 65.2 Å². The Balaban J connectivity index is 1.62. The normalized spacial score (nSPS) is 16.2. The molecule has 2 aromatic rings. The quantitative estimate of drug-likeness (QED) is 0.850. The van der Waals surface area contributed by atoms with E-state index in [2.05, 4.69) is 10.2 Å². The third-order valence-electron chi connectivity index (χ3n) is 4.76. The molecular weight excluding hydrogens is 362 g/mol. The van der Waals surface area contributed by atoms with E-state index in [4.69, 9.17) is 0 Å². The van der Waals surface area contributed by atoms with Crippen LogP contribution in [0.25, 0.3) is 0 Å². The first kappa shape index (κ1) is 19.5. The molecule has 2 aromatic carbocycles. The topological polar surface area (TPSA) is 69.7 Å². The molecule has 0 bridgehead atoms. The van der Waals surface area contributed by atoms with Crippen LogP contribution in [0.2, 0.25) is 0 Å². The van der Waals surface area contributed by atoms with E-state index < -0.39 is 10.0 Å². The van der Waals surface area contributed by atoms with Crippen molar-refractivity contribution >= 4 is 15.9 Å². The zero-order valence-electron chi connectivity index (χ0n) is 15.7. The molecule has 1 aliphatic rings. The smallest absolute Gasteiger partial charge is 0.251 e. The van der Waals surface area contributed by atoms with Crippen molar-refractivity contribution in [1.29, 1.82) is 0 Å². The second-order valence-corrected chi connectivity index (χ2v) is 8.84. The lowest BCUT2D eigenvalue weighted by Gasteiger charge is -2.31. The van der Waals surface area contributed by atoms with Crippen molar-refractivity contribution in [2.24, 2.45) is 0 Å². The maximum absolute atomic E-state index is 12.7. The Morgan fingerprint density at radius 2 is 1.70 bits per heavy atom. The van der Waals surface area contributed by atoms with Crippen LogP contribution in [0.5, 0.6) is 0 Å². The van der Waals surface area contributed by atoms with Gasteiger partial charge in [0.15, 0.2) is 0 Å². The predicted molar refractivity (Wildman–Crippen MR) is 105 cm³/mol. The summed E-state index contributed by atoms with van der Waals surface area (Å²) in [4.78, 5) is 14.6. The van der Waals surface area contributed by atoms with E-state index in [1.807, 2.05) is 32.2 Å². The van der Waals surface area contributed by atoms with E-state index in [0.29, 0.717) is 30.1 Å². The predicted octanol–water partition coefficient (Wildman–Crippen LogP) is 1.86.